The number of nitrogens with zero attached hydrogens (tertiary/aromatic N) is 3. The van der Waals surface area contributed by atoms with Crippen LogP contribution in [0, 0.1) is 5.92 Å². The summed E-state index contributed by atoms with van der Waals surface area (Å²) in [5.74, 6) is -0.0358. The van der Waals surface area contributed by atoms with Crippen molar-refractivity contribution in [3.8, 4) is 0 Å². The number of aromatic nitrogens is 2. The summed E-state index contributed by atoms with van der Waals surface area (Å²) < 4.78 is 26.1. The van der Waals surface area contributed by atoms with E-state index >= 15 is 0 Å². The number of hydrogen-bond acceptors (Lipinski definition) is 7. The van der Waals surface area contributed by atoms with E-state index in [4.69, 9.17) is 11.6 Å². The molecule has 11 heteroatoms. The lowest BCUT2D eigenvalue weighted by Gasteiger charge is -2.14. The van der Waals surface area contributed by atoms with Gasteiger partial charge < -0.3 is 0 Å². The fourth-order valence-corrected chi connectivity index (χ4v) is 5.56. The molecule has 2 aromatic rings. The molecule has 0 aliphatic heterocycles. The average Bonchev–Trinajstić information content (AvgIpc) is 3.07. The van der Waals surface area contributed by atoms with Crippen LogP contribution >= 0.6 is 34.3 Å². The van der Waals surface area contributed by atoms with E-state index in [1.807, 2.05) is 0 Å². The van der Waals surface area contributed by atoms with Crippen LogP contribution in [-0.4, -0.2) is 42.4 Å². The highest BCUT2D eigenvalue weighted by Gasteiger charge is 2.25. The number of likely N-dealkylation sites (N-methyl/N-ethyl adjacent to an activating group) is 1. The lowest BCUT2D eigenvalue weighted by Crippen LogP contribution is -2.34. The van der Waals surface area contributed by atoms with Gasteiger partial charge in [0, 0.05) is 13.5 Å². The van der Waals surface area contributed by atoms with Crippen LogP contribution in [0.3, 0.4) is 0 Å². The van der Waals surface area contributed by atoms with E-state index in [0.717, 1.165) is 27.1 Å². The van der Waals surface area contributed by atoms with Gasteiger partial charge in [-0.1, -0.05) is 36.8 Å². The molecule has 0 bridgehead atoms. The van der Waals surface area contributed by atoms with Gasteiger partial charge in [0.05, 0.1) is 10.9 Å². The molecule has 2 heterocycles. The fraction of sp³-hybridized carbons (Fsp3) is 0.462. The van der Waals surface area contributed by atoms with Crippen LogP contribution in [0.15, 0.2) is 16.3 Å². The fourth-order valence-electron chi connectivity index (χ4n) is 1.77. The van der Waals surface area contributed by atoms with Crippen LogP contribution in [0.2, 0.25) is 4.34 Å². The van der Waals surface area contributed by atoms with E-state index in [2.05, 4.69) is 29.4 Å². The maximum absolute atomic E-state index is 12.3. The maximum Gasteiger partial charge on any atom is 0.252 e. The van der Waals surface area contributed by atoms with Gasteiger partial charge >= 0.3 is 0 Å². The second kappa shape index (κ2) is 7.87. The molecule has 0 radical (unpaired) electrons. The Morgan fingerprint density at radius 3 is 2.62 bits per heavy atom. The first-order chi connectivity index (χ1) is 11.2. The van der Waals surface area contributed by atoms with E-state index in [1.54, 1.807) is 0 Å². The molecule has 0 aromatic carbocycles. The average molecular weight is 409 g/mol. The first-order valence-corrected chi connectivity index (χ1v) is 10.5. The second-order valence-corrected chi connectivity index (χ2v) is 10.5. The predicted octanol–water partition coefficient (Wildman–Crippen LogP) is 2.71. The standard InChI is InChI=1S/C13H17ClN4O3S3/c1-8(2)6-11-16-17-13(23-11)15-10(19)7-18(3)24(20,21)12-5-4-9(14)22-12/h4-5,8H,6-7H2,1-3H3,(H,15,17,19). The number of sulfonamides is 1. The number of carbonyl (C=O) groups is 1. The van der Waals surface area contributed by atoms with Crippen LogP contribution in [0.4, 0.5) is 5.13 Å². The van der Waals surface area contributed by atoms with Crippen molar-refractivity contribution in [2.75, 3.05) is 18.9 Å². The third kappa shape index (κ3) is 4.96. The molecule has 0 atom stereocenters. The highest BCUT2D eigenvalue weighted by atomic mass is 35.5. The Morgan fingerprint density at radius 2 is 2.04 bits per heavy atom. The van der Waals surface area contributed by atoms with Crippen molar-refractivity contribution < 1.29 is 13.2 Å². The van der Waals surface area contributed by atoms with Gasteiger partial charge in [-0.15, -0.1) is 21.5 Å². The van der Waals surface area contributed by atoms with Gasteiger partial charge in [-0.05, 0) is 18.1 Å². The normalized spacial score (nSPS) is 12.1. The molecule has 0 spiro atoms. The zero-order chi connectivity index (χ0) is 17.9. The molecule has 132 valence electrons. The number of nitrogens with one attached hydrogen (secondary N) is 1. The molecular formula is C13H17ClN4O3S3. The Labute approximate surface area is 153 Å². The van der Waals surface area contributed by atoms with E-state index in [9.17, 15) is 13.2 Å². The summed E-state index contributed by atoms with van der Waals surface area (Å²) in [5.41, 5.74) is 0. The topological polar surface area (TPSA) is 92.3 Å². The third-order valence-corrected chi connectivity index (χ3v) is 7.24. The molecule has 24 heavy (non-hydrogen) atoms. The smallest absolute Gasteiger partial charge is 0.252 e. The number of carbonyl (C=O) groups excluding carboxylic acids is 1. The van der Waals surface area contributed by atoms with Crippen molar-refractivity contribution in [1.82, 2.24) is 14.5 Å². The number of rotatable bonds is 7. The zero-order valence-corrected chi connectivity index (χ0v) is 16.5. The first kappa shape index (κ1) is 19.3. The van der Waals surface area contributed by atoms with Crippen LogP contribution in [0.1, 0.15) is 18.9 Å². The van der Waals surface area contributed by atoms with Crippen molar-refractivity contribution in [1.29, 1.82) is 0 Å². The summed E-state index contributed by atoms with van der Waals surface area (Å²) >= 11 is 8.00. The number of halogens is 1. The van der Waals surface area contributed by atoms with Crippen molar-refractivity contribution in [2.45, 2.75) is 24.5 Å². The quantitative estimate of drug-likeness (QED) is 0.760. The molecule has 0 fully saturated rings. The highest BCUT2D eigenvalue weighted by Crippen LogP contribution is 2.27. The minimum absolute atomic E-state index is 0.0953. The monoisotopic (exact) mass is 408 g/mol. The van der Waals surface area contributed by atoms with Gasteiger partial charge in [0.2, 0.25) is 11.0 Å². The summed E-state index contributed by atoms with van der Waals surface area (Å²) in [6.07, 6.45) is 0.779. The van der Waals surface area contributed by atoms with Crippen LogP contribution in [-0.2, 0) is 21.2 Å². The summed E-state index contributed by atoms with van der Waals surface area (Å²) in [6, 6.07) is 2.92. The minimum atomic E-state index is -3.74. The Kier molecular flexibility index (Phi) is 6.32. The summed E-state index contributed by atoms with van der Waals surface area (Å²) in [5, 5.41) is 11.7. The summed E-state index contributed by atoms with van der Waals surface area (Å²) in [6.45, 7) is 3.81. The van der Waals surface area contributed by atoms with Crippen LogP contribution < -0.4 is 5.32 Å². The number of amides is 1. The largest absolute Gasteiger partial charge is 0.299 e. The van der Waals surface area contributed by atoms with Crippen LogP contribution in [0.25, 0.3) is 0 Å². The Hall–Kier alpha value is -1.07. The van der Waals surface area contributed by atoms with Gasteiger partial charge in [-0.3, -0.25) is 10.1 Å². The van der Waals surface area contributed by atoms with E-state index < -0.39 is 15.9 Å². The highest BCUT2D eigenvalue weighted by molar-refractivity contribution is 7.91. The summed E-state index contributed by atoms with van der Waals surface area (Å²) in [4.78, 5) is 12.0. The van der Waals surface area contributed by atoms with Crippen molar-refractivity contribution in [3.63, 3.8) is 0 Å². The molecule has 1 N–H and O–H groups in total. The van der Waals surface area contributed by atoms with E-state index in [-0.39, 0.29) is 10.8 Å². The first-order valence-electron chi connectivity index (χ1n) is 7.02. The Bertz CT molecular complexity index is 816. The number of anilines is 1. The van der Waals surface area contributed by atoms with Gasteiger partial charge in [-0.25, -0.2) is 8.42 Å². The molecule has 0 saturated heterocycles. The Morgan fingerprint density at radius 1 is 1.33 bits per heavy atom. The SMILES string of the molecule is CC(C)Cc1nnc(NC(=O)CN(C)S(=O)(=O)c2ccc(Cl)s2)s1. The lowest BCUT2D eigenvalue weighted by molar-refractivity contribution is -0.116. The number of hydrogen-bond donors (Lipinski definition) is 1. The molecule has 0 aliphatic carbocycles. The molecule has 7 nitrogen and oxygen atoms in total. The van der Waals surface area contributed by atoms with Gasteiger partial charge in [0.1, 0.15) is 9.22 Å². The van der Waals surface area contributed by atoms with Gasteiger partial charge in [0.25, 0.3) is 10.0 Å². The van der Waals surface area contributed by atoms with E-state index in [1.165, 1.54) is 30.5 Å². The zero-order valence-electron chi connectivity index (χ0n) is 13.3. The lowest BCUT2D eigenvalue weighted by atomic mass is 10.1. The van der Waals surface area contributed by atoms with Gasteiger partial charge in [-0.2, -0.15) is 4.31 Å². The summed E-state index contributed by atoms with van der Waals surface area (Å²) in [7, 11) is -2.40. The molecule has 0 aliphatic rings. The van der Waals surface area contributed by atoms with Gasteiger partial charge in [0.15, 0.2) is 0 Å². The van der Waals surface area contributed by atoms with Crippen molar-refractivity contribution >= 4 is 55.3 Å². The molecule has 2 rings (SSSR count). The number of thiophene rings is 1. The van der Waals surface area contributed by atoms with Crippen LogP contribution in [0.5, 0.6) is 0 Å². The predicted molar refractivity (Wildman–Crippen MR) is 96.2 cm³/mol. The third-order valence-electron chi connectivity index (χ3n) is 2.88. The maximum atomic E-state index is 12.3. The molecule has 0 unspecified atom stereocenters. The second-order valence-electron chi connectivity index (χ2n) is 5.47. The molecule has 1 amide bonds. The molecular weight excluding hydrogens is 392 g/mol. The van der Waals surface area contributed by atoms with Crippen molar-refractivity contribution in [3.05, 3.63) is 21.5 Å². The van der Waals surface area contributed by atoms with E-state index in [0.29, 0.717) is 15.4 Å². The molecule has 0 saturated carbocycles. The van der Waals surface area contributed by atoms with Crippen molar-refractivity contribution in [2.24, 2.45) is 5.92 Å². The Balaban J connectivity index is 1.97. The molecule has 2 aromatic heterocycles. The minimum Gasteiger partial charge on any atom is -0.299 e.